The standard InChI is InChI=1S/C15H15BrFN7O6S/c16-10-7-9(3-4-11(10)17)24-14(22-29-15(24)25)12-13(21-30-19-12)20-28-6-5-18-31(26,27)23-8-1-2-8/h3-4,7-8,18,23H,1-2,5-6H2,(H,20,21). The van der Waals surface area contributed by atoms with Crippen molar-refractivity contribution in [2.45, 2.75) is 18.9 Å². The molecule has 4 rings (SSSR count). The average molecular weight is 520 g/mol. The van der Waals surface area contributed by atoms with Gasteiger partial charge in [0.2, 0.25) is 17.3 Å². The van der Waals surface area contributed by atoms with Crippen LogP contribution in [-0.2, 0) is 15.0 Å². The van der Waals surface area contributed by atoms with Gasteiger partial charge in [-0.05, 0) is 57.3 Å². The number of benzene rings is 1. The monoisotopic (exact) mass is 519 g/mol. The highest BCUT2D eigenvalue weighted by Gasteiger charge is 2.26. The molecule has 16 heteroatoms. The van der Waals surface area contributed by atoms with Gasteiger partial charge >= 0.3 is 5.76 Å². The zero-order chi connectivity index (χ0) is 22.0. The molecule has 0 unspecified atom stereocenters. The Bertz CT molecular complexity index is 1240. The molecule has 0 aliphatic heterocycles. The summed E-state index contributed by atoms with van der Waals surface area (Å²) in [6.45, 7) is -0.0810. The summed E-state index contributed by atoms with van der Waals surface area (Å²) in [6.07, 6.45) is 1.64. The van der Waals surface area contributed by atoms with Crippen molar-refractivity contribution in [1.82, 2.24) is 29.5 Å². The van der Waals surface area contributed by atoms with Gasteiger partial charge in [0.1, 0.15) is 5.82 Å². The van der Waals surface area contributed by atoms with Gasteiger partial charge in [-0.1, -0.05) is 5.16 Å². The Hall–Kier alpha value is -2.66. The van der Waals surface area contributed by atoms with Crippen LogP contribution in [0.5, 0.6) is 0 Å². The van der Waals surface area contributed by atoms with E-state index in [1.54, 1.807) is 0 Å². The van der Waals surface area contributed by atoms with Gasteiger partial charge in [-0.15, -0.1) is 0 Å². The highest BCUT2D eigenvalue weighted by molar-refractivity contribution is 9.10. The first-order valence-corrected chi connectivity index (χ1v) is 11.1. The molecule has 3 N–H and O–H groups in total. The van der Waals surface area contributed by atoms with E-state index in [2.05, 4.69) is 51.0 Å². The van der Waals surface area contributed by atoms with E-state index in [0.29, 0.717) is 0 Å². The van der Waals surface area contributed by atoms with Gasteiger partial charge in [0.05, 0.1) is 16.8 Å². The Labute approximate surface area is 182 Å². The molecule has 1 fully saturated rings. The van der Waals surface area contributed by atoms with Crippen molar-refractivity contribution in [2.75, 3.05) is 18.6 Å². The minimum absolute atomic E-state index is 0.0119. The van der Waals surface area contributed by atoms with E-state index in [1.165, 1.54) is 12.1 Å². The Morgan fingerprint density at radius 3 is 2.84 bits per heavy atom. The first kappa shape index (κ1) is 21.6. The maximum atomic E-state index is 13.5. The van der Waals surface area contributed by atoms with Crippen LogP contribution in [0.4, 0.5) is 10.2 Å². The molecule has 1 saturated carbocycles. The average Bonchev–Trinajstić information content (AvgIpc) is 3.25. The van der Waals surface area contributed by atoms with Crippen LogP contribution in [0, 0.1) is 5.82 Å². The molecule has 2 aromatic heterocycles. The molecule has 0 radical (unpaired) electrons. The van der Waals surface area contributed by atoms with Gasteiger partial charge in [0.15, 0.2) is 0 Å². The predicted molar refractivity (Wildman–Crippen MR) is 106 cm³/mol. The Balaban J connectivity index is 1.43. The summed E-state index contributed by atoms with van der Waals surface area (Å²) in [5, 5.41) is 11.0. The van der Waals surface area contributed by atoms with Crippen LogP contribution in [-0.4, -0.2) is 47.6 Å². The minimum Gasteiger partial charge on any atom is -0.295 e. The molecule has 1 aromatic carbocycles. The highest BCUT2D eigenvalue weighted by Crippen LogP contribution is 2.26. The predicted octanol–water partition coefficient (Wildman–Crippen LogP) is 0.707. The molecular weight excluding hydrogens is 505 g/mol. The van der Waals surface area contributed by atoms with Crippen LogP contribution in [0.2, 0.25) is 0 Å². The summed E-state index contributed by atoms with van der Waals surface area (Å²) in [5.41, 5.74) is 2.68. The second-order valence-electron chi connectivity index (χ2n) is 6.41. The number of nitrogens with zero attached hydrogens (tertiary/aromatic N) is 4. The lowest BCUT2D eigenvalue weighted by molar-refractivity contribution is 0.195. The molecule has 1 aliphatic carbocycles. The number of hydrogen-bond acceptors (Lipinski definition) is 10. The van der Waals surface area contributed by atoms with Crippen molar-refractivity contribution in [1.29, 1.82) is 0 Å². The van der Waals surface area contributed by atoms with E-state index in [1.807, 2.05) is 0 Å². The number of hydrogen-bond donors (Lipinski definition) is 3. The maximum absolute atomic E-state index is 13.5. The fourth-order valence-electron chi connectivity index (χ4n) is 2.46. The van der Waals surface area contributed by atoms with Crippen molar-refractivity contribution in [2.24, 2.45) is 0 Å². The molecule has 166 valence electrons. The number of halogens is 2. The summed E-state index contributed by atoms with van der Waals surface area (Å²) < 4.78 is 52.3. The fraction of sp³-hybridized carbons (Fsp3) is 0.333. The fourth-order valence-corrected chi connectivity index (χ4v) is 3.94. The summed E-state index contributed by atoms with van der Waals surface area (Å²) in [4.78, 5) is 17.3. The van der Waals surface area contributed by atoms with Crippen LogP contribution >= 0.6 is 15.9 Å². The zero-order valence-electron chi connectivity index (χ0n) is 15.5. The molecule has 1 aliphatic rings. The molecular formula is C15H15BrFN7O6S. The van der Waals surface area contributed by atoms with Gasteiger partial charge in [-0.25, -0.2) is 23.9 Å². The van der Waals surface area contributed by atoms with E-state index >= 15 is 0 Å². The molecule has 0 bridgehead atoms. The lowest BCUT2D eigenvalue weighted by Crippen LogP contribution is -2.39. The van der Waals surface area contributed by atoms with Crippen molar-refractivity contribution in [3.63, 3.8) is 0 Å². The second kappa shape index (κ2) is 8.83. The molecule has 0 atom stereocenters. The molecule has 31 heavy (non-hydrogen) atoms. The van der Waals surface area contributed by atoms with Gasteiger partial charge in [-0.2, -0.15) is 17.9 Å². The van der Waals surface area contributed by atoms with E-state index in [4.69, 9.17) is 9.36 Å². The number of aromatic nitrogens is 4. The summed E-state index contributed by atoms with van der Waals surface area (Å²) in [5.74, 6) is -1.48. The van der Waals surface area contributed by atoms with Gasteiger partial charge < -0.3 is 0 Å². The van der Waals surface area contributed by atoms with Crippen LogP contribution in [0.25, 0.3) is 17.2 Å². The molecule has 0 spiro atoms. The van der Waals surface area contributed by atoms with Crippen molar-refractivity contribution >= 4 is 32.0 Å². The SMILES string of the molecule is O=c1onc(-c2nonc2NOCCNS(=O)(=O)NC2CC2)n1-c1ccc(F)c(Br)c1. The van der Waals surface area contributed by atoms with Gasteiger partial charge in [0, 0.05) is 12.6 Å². The van der Waals surface area contributed by atoms with Crippen molar-refractivity contribution < 1.29 is 26.8 Å². The first-order valence-electron chi connectivity index (χ1n) is 8.86. The van der Waals surface area contributed by atoms with E-state index in [0.717, 1.165) is 23.5 Å². The van der Waals surface area contributed by atoms with E-state index < -0.39 is 21.8 Å². The lowest BCUT2D eigenvalue weighted by atomic mass is 10.3. The van der Waals surface area contributed by atoms with Crippen LogP contribution in [0.1, 0.15) is 12.8 Å². The summed E-state index contributed by atoms with van der Waals surface area (Å²) in [7, 11) is -3.59. The minimum atomic E-state index is -3.59. The van der Waals surface area contributed by atoms with Crippen molar-refractivity contribution in [3.05, 3.63) is 39.0 Å². The lowest BCUT2D eigenvalue weighted by Gasteiger charge is -2.08. The number of anilines is 1. The summed E-state index contributed by atoms with van der Waals surface area (Å²) in [6, 6.07) is 3.85. The highest BCUT2D eigenvalue weighted by atomic mass is 79.9. The Kier molecular flexibility index (Phi) is 6.15. The molecule has 0 amide bonds. The third-order valence-electron chi connectivity index (χ3n) is 4.03. The molecule has 0 saturated heterocycles. The van der Waals surface area contributed by atoms with Crippen LogP contribution < -0.4 is 20.7 Å². The van der Waals surface area contributed by atoms with Crippen LogP contribution in [0.15, 0.2) is 36.6 Å². The smallest absolute Gasteiger partial charge is 0.295 e. The topological polar surface area (TPSA) is 166 Å². The maximum Gasteiger partial charge on any atom is 0.446 e. The Morgan fingerprint density at radius 2 is 2.10 bits per heavy atom. The zero-order valence-corrected chi connectivity index (χ0v) is 17.9. The molecule has 3 aromatic rings. The molecule has 2 heterocycles. The number of rotatable bonds is 10. The van der Waals surface area contributed by atoms with Gasteiger partial charge in [-0.3, -0.25) is 9.36 Å². The normalized spacial score (nSPS) is 14.1. The number of nitrogens with one attached hydrogen (secondary N) is 3. The van der Waals surface area contributed by atoms with Crippen LogP contribution in [0.3, 0.4) is 0 Å². The van der Waals surface area contributed by atoms with E-state index in [9.17, 15) is 17.6 Å². The second-order valence-corrected chi connectivity index (χ2v) is 8.79. The quantitative estimate of drug-likeness (QED) is 0.256. The third-order valence-corrected chi connectivity index (χ3v) is 5.87. The van der Waals surface area contributed by atoms with E-state index in [-0.39, 0.29) is 46.7 Å². The molecule has 13 nitrogen and oxygen atoms in total. The Morgan fingerprint density at radius 1 is 1.29 bits per heavy atom. The first-order chi connectivity index (χ1) is 14.8. The van der Waals surface area contributed by atoms with Gasteiger partial charge in [0.25, 0.3) is 10.2 Å². The van der Waals surface area contributed by atoms with Crippen molar-refractivity contribution in [3.8, 4) is 17.2 Å². The third kappa shape index (κ3) is 5.16. The largest absolute Gasteiger partial charge is 0.446 e. The summed E-state index contributed by atoms with van der Waals surface area (Å²) >= 11 is 3.05.